The number of aryl methyl sites for hydroxylation is 1. The third kappa shape index (κ3) is 4.86. The number of likely N-dealkylation sites (tertiary alicyclic amines) is 2. The molecule has 8 heteroatoms. The molecule has 0 radical (unpaired) electrons. The van der Waals surface area contributed by atoms with Crippen LogP contribution >= 0.6 is 0 Å². The van der Waals surface area contributed by atoms with Gasteiger partial charge < -0.3 is 15.1 Å². The molecule has 8 nitrogen and oxygen atoms in total. The van der Waals surface area contributed by atoms with Crippen molar-refractivity contribution < 1.29 is 14.2 Å². The van der Waals surface area contributed by atoms with Crippen molar-refractivity contribution in [1.29, 1.82) is 0 Å². The second-order valence-electron chi connectivity index (χ2n) is 8.41. The lowest BCUT2D eigenvalue weighted by Crippen LogP contribution is -2.53. The van der Waals surface area contributed by atoms with Crippen LogP contribution in [0.4, 0.5) is 0 Å². The first-order valence-corrected chi connectivity index (χ1v) is 9.90. The van der Waals surface area contributed by atoms with Crippen LogP contribution in [0.2, 0.25) is 0 Å². The molecule has 2 fully saturated rings. The Morgan fingerprint density at radius 1 is 1.26 bits per heavy atom. The predicted molar refractivity (Wildman–Crippen MR) is 99.9 cm³/mol. The summed E-state index contributed by atoms with van der Waals surface area (Å²) in [5.74, 6) is 0.596. The molecule has 1 aromatic rings. The quantitative estimate of drug-likeness (QED) is 0.823. The minimum atomic E-state index is -0.531. The molecular formula is C19H31N5O3. The molecule has 1 N–H and O–H groups in total. The van der Waals surface area contributed by atoms with Crippen molar-refractivity contribution in [3.8, 4) is 0 Å². The summed E-state index contributed by atoms with van der Waals surface area (Å²) in [7, 11) is 2.14. The van der Waals surface area contributed by atoms with Gasteiger partial charge in [0.15, 0.2) is 0 Å². The van der Waals surface area contributed by atoms with Gasteiger partial charge in [-0.3, -0.25) is 9.59 Å². The first-order valence-electron chi connectivity index (χ1n) is 9.90. The zero-order valence-electron chi connectivity index (χ0n) is 16.7. The Kier molecular flexibility index (Phi) is 6.14. The molecule has 0 aliphatic carbocycles. The van der Waals surface area contributed by atoms with Gasteiger partial charge in [-0.25, -0.2) is 4.63 Å². The lowest BCUT2D eigenvalue weighted by molar-refractivity contribution is -0.140. The number of rotatable bonds is 5. The first kappa shape index (κ1) is 19.8. The minimum Gasteiger partial charge on any atom is -0.355 e. The van der Waals surface area contributed by atoms with E-state index >= 15 is 0 Å². The van der Waals surface area contributed by atoms with Crippen LogP contribution in [0.25, 0.3) is 0 Å². The molecule has 150 valence electrons. The molecule has 1 atom stereocenters. The summed E-state index contributed by atoms with van der Waals surface area (Å²) in [5.41, 5.74) is 0.675. The highest BCUT2D eigenvalue weighted by molar-refractivity contribution is 5.84. The molecule has 0 spiro atoms. The summed E-state index contributed by atoms with van der Waals surface area (Å²) in [6, 6.07) is 0. The van der Waals surface area contributed by atoms with Crippen molar-refractivity contribution in [2.24, 2.45) is 11.3 Å². The van der Waals surface area contributed by atoms with Crippen LogP contribution in [-0.4, -0.2) is 71.7 Å². The van der Waals surface area contributed by atoms with Gasteiger partial charge in [-0.1, -0.05) is 10.3 Å². The average Bonchev–Trinajstić information content (AvgIpc) is 3.05. The Morgan fingerprint density at radius 2 is 2.00 bits per heavy atom. The van der Waals surface area contributed by atoms with E-state index in [4.69, 9.17) is 0 Å². The van der Waals surface area contributed by atoms with Crippen LogP contribution in [0.3, 0.4) is 0 Å². The molecule has 0 bridgehead atoms. The van der Waals surface area contributed by atoms with Gasteiger partial charge in [0.1, 0.15) is 11.4 Å². The molecule has 27 heavy (non-hydrogen) atoms. The van der Waals surface area contributed by atoms with E-state index < -0.39 is 5.41 Å². The molecular weight excluding hydrogens is 346 g/mol. The van der Waals surface area contributed by atoms with E-state index in [2.05, 4.69) is 32.2 Å². The van der Waals surface area contributed by atoms with Crippen molar-refractivity contribution in [3.63, 3.8) is 0 Å². The summed E-state index contributed by atoms with van der Waals surface area (Å²) in [6.07, 6.45) is 4.06. The topological polar surface area (TPSA) is 91.6 Å². The zero-order valence-corrected chi connectivity index (χ0v) is 16.7. The van der Waals surface area contributed by atoms with Crippen LogP contribution in [-0.2, 0) is 16.0 Å². The van der Waals surface area contributed by atoms with Gasteiger partial charge in [0, 0.05) is 19.6 Å². The number of nitrogens with zero attached hydrogens (tertiary/aromatic N) is 4. The van der Waals surface area contributed by atoms with Crippen LogP contribution in [0.5, 0.6) is 0 Å². The molecule has 1 aromatic heterocycles. The number of hydrogen-bond acceptors (Lipinski definition) is 6. The van der Waals surface area contributed by atoms with Crippen LogP contribution < -0.4 is 5.32 Å². The minimum absolute atomic E-state index is 0.0251. The van der Waals surface area contributed by atoms with Gasteiger partial charge in [0.25, 0.3) is 0 Å². The van der Waals surface area contributed by atoms with Gasteiger partial charge in [-0.15, -0.1) is 0 Å². The number of piperidine rings is 2. The Bertz CT molecular complexity index is 668. The monoisotopic (exact) mass is 377 g/mol. The highest BCUT2D eigenvalue weighted by Crippen LogP contribution is 2.30. The van der Waals surface area contributed by atoms with Crippen molar-refractivity contribution in [1.82, 2.24) is 25.4 Å². The van der Waals surface area contributed by atoms with E-state index in [-0.39, 0.29) is 18.2 Å². The number of carbonyl (C=O) groups excluding carboxylic acids is 2. The van der Waals surface area contributed by atoms with Crippen molar-refractivity contribution in [2.45, 2.75) is 46.0 Å². The second-order valence-corrected chi connectivity index (χ2v) is 8.41. The molecule has 3 rings (SSSR count). The number of carbonyl (C=O) groups is 2. The molecule has 0 unspecified atom stereocenters. The van der Waals surface area contributed by atoms with Gasteiger partial charge in [0.05, 0.1) is 11.8 Å². The summed E-state index contributed by atoms with van der Waals surface area (Å²) in [4.78, 5) is 29.6. The van der Waals surface area contributed by atoms with Gasteiger partial charge >= 0.3 is 0 Å². The smallest absolute Gasteiger partial charge is 0.228 e. The highest BCUT2D eigenvalue weighted by Gasteiger charge is 2.39. The largest absolute Gasteiger partial charge is 0.355 e. The third-order valence-electron chi connectivity index (χ3n) is 6.05. The summed E-state index contributed by atoms with van der Waals surface area (Å²) in [5, 5.41) is 10.7. The fourth-order valence-corrected chi connectivity index (χ4v) is 4.02. The Labute approximate surface area is 160 Å². The van der Waals surface area contributed by atoms with Gasteiger partial charge in [-0.2, -0.15) is 0 Å². The molecule has 2 saturated heterocycles. The maximum atomic E-state index is 12.9. The van der Waals surface area contributed by atoms with E-state index in [1.807, 2.05) is 6.92 Å². The first-order chi connectivity index (χ1) is 12.9. The lowest BCUT2D eigenvalue weighted by atomic mass is 9.80. The maximum absolute atomic E-state index is 12.9. The SMILES string of the molecule is Cc1nonc1CC(=O)N1CCC[C@](C)(C(=O)NCC2CCN(C)CC2)C1. The number of amides is 2. The van der Waals surface area contributed by atoms with E-state index in [0.29, 0.717) is 30.4 Å². The molecule has 2 amide bonds. The third-order valence-corrected chi connectivity index (χ3v) is 6.05. The van der Waals surface area contributed by atoms with Crippen molar-refractivity contribution >= 4 is 11.8 Å². The standard InChI is InChI=1S/C19H31N5O3/c1-14-16(22-27-21-14)11-17(25)24-8-4-7-19(2,13-24)18(26)20-12-15-5-9-23(3)10-6-15/h15H,4-13H2,1-3H3,(H,20,26)/t19-/m0/s1. The van der Waals surface area contributed by atoms with Crippen LogP contribution in [0.15, 0.2) is 4.63 Å². The van der Waals surface area contributed by atoms with E-state index in [0.717, 1.165) is 45.3 Å². The Morgan fingerprint density at radius 3 is 2.67 bits per heavy atom. The van der Waals surface area contributed by atoms with Gasteiger partial charge in [-0.05, 0) is 65.6 Å². The van der Waals surface area contributed by atoms with Gasteiger partial charge in [0.2, 0.25) is 11.8 Å². The second kappa shape index (κ2) is 8.37. The Balaban J connectivity index is 1.52. The molecule has 0 saturated carbocycles. The number of nitrogens with one attached hydrogen (secondary N) is 1. The maximum Gasteiger partial charge on any atom is 0.228 e. The van der Waals surface area contributed by atoms with E-state index in [1.165, 1.54) is 0 Å². The van der Waals surface area contributed by atoms with Crippen LogP contribution in [0, 0.1) is 18.3 Å². The normalized spacial score (nSPS) is 24.8. The zero-order chi connectivity index (χ0) is 19.4. The Hall–Kier alpha value is -1.96. The molecule has 0 aromatic carbocycles. The summed E-state index contributed by atoms with van der Waals surface area (Å²) < 4.78 is 4.67. The highest BCUT2D eigenvalue weighted by atomic mass is 16.6. The van der Waals surface area contributed by atoms with E-state index in [9.17, 15) is 9.59 Å². The lowest BCUT2D eigenvalue weighted by Gasteiger charge is -2.39. The average molecular weight is 377 g/mol. The molecule has 2 aliphatic heterocycles. The fourth-order valence-electron chi connectivity index (χ4n) is 4.02. The number of aromatic nitrogens is 2. The molecule has 2 aliphatic rings. The van der Waals surface area contributed by atoms with E-state index in [1.54, 1.807) is 11.8 Å². The molecule has 3 heterocycles. The van der Waals surface area contributed by atoms with Crippen molar-refractivity contribution in [3.05, 3.63) is 11.4 Å². The summed E-state index contributed by atoms with van der Waals surface area (Å²) >= 11 is 0. The fraction of sp³-hybridized carbons (Fsp3) is 0.789. The predicted octanol–water partition coefficient (Wildman–Crippen LogP) is 1.01. The van der Waals surface area contributed by atoms with Crippen LogP contribution in [0.1, 0.15) is 44.0 Å². The number of hydrogen-bond donors (Lipinski definition) is 1. The summed E-state index contributed by atoms with van der Waals surface area (Å²) in [6.45, 7) is 7.80. The van der Waals surface area contributed by atoms with Crippen molar-refractivity contribution in [2.75, 3.05) is 39.8 Å².